The van der Waals surface area contributed by atoms with Crippen molar-refractivity contribution in [2.75, 3.05) is 0 Å². The van der Waals surface area contributed by atoms with Crippen LogP contribution in [0, 0.1) is 12.3 Å². The Balaban J connectivity index is 3.07. The van der Waals surface area contributed by atoms with Gasteiger partial charge in [-0.1, -0.05) is 38.0 Å². The Kier molecular flexibility index (Phi) is 4.33. The lowest BCUT2D eigenvalue weighted by atomic mass is 9.96. The molecule has 4 heteroatoms. The minimum Gasteiger partial charge on any atom is -0.207 e. The Hall–Kier alpha value is -1.31. The second-order valence-corrected chi connectivity index (χ2v) is 5.53. The van der Waals surface area contributed by atoms with Crippen LogP contribution in [0.15, 0.2) is 35.2 Å². The first-order valence-electron chi connectivity index (χ1n) is 5.56. The monoisotopic (exact) mass is 251 g/mol. The molecule has 1 N–H and O–H groups in total. The summed E-state index contributed by atoms with van der Waals surface area (Å²) in [4.78, 5) is 0.238. The molecular formula is C13H17NO2S. The van der Waals surface area contributed by atoms with Crippen molar-refractivity contribution in [1.29, 1.82) is 0 Å². The van der Waals surface area contributed by atoms with Gasteiger partial charge in [0, 0.05) is 0 Å². The van der Waals surface area contributed by atoms with Gasteiger partial charge in [0.25, 0.3) is 0 Å². The summed E-state index contributed by atoms with van der Waals surface area (Å²) in [6.45, 7) is 3.74. The van der Waals surface area contributed by atoms with Gasteiger partial charge in [-0.05, 0) is 25.0 Å². The van der Waals surface area contributed by atoms with Gasteiger partial charge >= 0.3 is 0 Å². The van der Waals surface area contributed by atoms with E-state index in [0.717, 1.165) is 0 Å². The van der Waals surface area contributed by atoms with E-state index in [1.165, 1.54) is 0 Å². The van der Waals surface area contributed by atoms with Crippen molar-refractivity contribution in [3.05, 3.63) is 30.3 Å². The van der Waals surface area contributed by atoms with Crippen LogP contribution in [0.3, 0.4) is 0 Å². The maximum atomic E-state index is 12.1. The molecule has 1 rings (SSSR count). The molecule has 17 heavy (non-hydrogen) atoms. The minimum atomic E-state index is -3.55. The number of benzene rings is 1. The largest absolute Gasteiger partial charge is 0.241 e. The molecule has 0 atom stereocenters. The Bertz CT molecular complexity index is 496. The van der Waals surface area contributed by atoms with Gasteiger partial charge in [0.2, 0.25) is 10.0 Å². The molecule has 0 spiro atoms. The molecule has 0 saturated heterocycles. The first-order valence-corrected chi connectivity index (χ1v) is 7.05. The molecule has 0 aliphatic carbocycles. The SMILES string of the molecule is C#CC(CC)(CC)NS(=O)(=O)c1ccccc1. The zero-order valence-electron chi connectivity index (χ0n) is 10.1. The van der Waals surface area contributed by atoms with E-state index >= 15 is 0 Å². The number of sulfonamides is 1. The summed E-state index contributed by atoms with van der Waals surface area (Å²) < 4.78 is 26.8. The second kappa shape index (κ2) is 5.35. The average Bonchev–Trinajstić information content (AvgIpc) is 2.37. The summed E-state index contributed by atoms with van der Waals surface area (Å²) in [7, 11) is -3.55. The molecule has 1 aromatic rings. The van der Waals surface area contributed by atoms with Crippen LogP contribution < -0.4 is 4.72 Å². The van der Waals surface area contributed by atoms with Gasteiger partial charge in [0.05, 0.1) is 10.4 Å². The molecule has 0 unspecified atom stereocenters. The van der Waals surface area contributed by atoms with E-state index in [4.69, 9.17) is 6.42 Å². The van der Waals surface area contributed by atoms with Crippen molar-refractivity contribution in [3.8, 4) is 12.3 Å². The number of rotatable bonds is 5. The first-order chi connectivity index (χ1) is 7.99. The van der Waals surface area contributed by atoms with Crippen molar-refractivity contribution in [2.45, 2.75) is 37.1 Å². The number of hydrogen-bond acceptors (Lipinski definition) is 2. The van der Waals surface area contributed by atoms with Gasteiger partial charge in [-0.2, -0.15) is 4.72 Å². The van der Waals surface area contributed by atoms with Crippen LogP contribution in [0.1, 0.15) is 26.7 Å². The van der Waals surface area contributed by atoms with Crippen LogP contribution in [0.5, 0.6) is 0 Å². The van der Waals surface area contributed by atoms with Gasteiger partial charge in [-0.15, -0.1) is 6.42 Å². The van der Waals surface area contributed by atoms with Crippen molar-refractivity contribution >= 4 is 10.0 Å². The van der Waals surface area contributed by atoms with Gasteiger partial charge in [0.1, 0.15) is 0 Å². The molecule has 0 heterocycles. The maximum Gasteiger partial charge on any atom is 0.241 e. The van der Waals surface area contributed by atoms with Gasteiger partial charge in [-0.25, -0.2) is 8.42 Å². The molecule has 0 aliphatic heterocycles. The average molecular weight is 251 g/mol. The first kappa shape index (κ1) is 13.8. The van der Waals surface area contributed by atoms with E-state index in [-0.39, 0.29) is 4.90 Å². The van der Waals surface area contributed by atoms with Crippen LogP contribution in [-0.4, -0.2) is 14.0 Å². The molecule has 0 fully saturated rings. The lowest BCUT2D eigenvalue weighted by molar-refractivity contribution is 0.451. The number of nitrogens with one attached hydrogen (secondary N) is 1. The highest BCUT2D eigenvalue weighted by atomic mass is 32.2. The third kappa shape index (κ3) is 3.09. The number of hydrogen-bond donors (Lipinski definition) is 1. The van der Waals surface area contributed by atoms with E-state index in [9.17, 15) is 8.42 Å². The van der Waals surface area contributed by atoms with E-state index < -0.39 is 15.6 Å². The second-order valence-electron chi connectivity index (χ2n) is 3.85. The van der Waals surface area contributed by atoms with Crippen LogP contribution in [0.4, 0.5) is 0 Å². The van der Waals surface area contributed by atoms with Crippen molar-refractivity contribution in [2.24, 2.45) is 0 Å². The molecule has 0 amide bonds. The molecule has 1 aromatic carbocycles. The lowest BCUT2D eigenvalue weighted by Crippen LogP contribution is -2.46. The van der Waals surface area contributed by atoms with Gasteiger partial charge in [0.15, 0.2) is 0 Å². The lowest BCUT2D eigenvalue weighted by Gasteiger charge is -2.26. The standard InChI is InChI=1S/C13H17NO2S/c1-4-13(5-2,6-3)14-17(15,16)12-10-8-7-9-11-12/h1,7-11,14H,5-6H2,2-3H3. The Labute approximate surface area is 103 Å². The van der Waals surface area contributed by atoms with Gasteiger partial charge < -0.3 is 0 Å². The summed E-state index contributed by atoms with van der Waals surface area (Å²) in [6.07, 6.45) is 6.56. The number of terminal acetylenes is 1. The quantitative estimate of drug-likeness (QED) is 0.815. The molecule has 0 bridgehead atoms. The fraction of sp³-hybridized carbons (Fsp3) is 0.385. The molecule has 92 valence electrons. The molecule has 3 nitrogen and oxygen atoms in total. The van der Waals surface area contributed by atoms with Crippen LogP contribution in [0.2, 0.25) is 0 Å². The summed E-state index contributed by atoms with van der Waals surface area (Å²) in [5.74, 6) is 2.55. The maximum absolute atomic E-state index is 12.1. The third-order valence-electron chi connectivity index (χ3n) is 2.87. The van der Waals surface area contributed by atoms with Crippen molar-refractivity contribution in [1.82, 2.24) is 4.72 Å². The highest BCUT2D eigenvalue weighted by Gasteiger charge is 2.29. The molecule has 0 radical (unpaired) electrons. The Morgan fingerprint density at radius 1 is 1.24 bits per heavy atom. The third-order valence-corrected chi connectivity index (χ3v) is 4.42. The van der Waals surface area contributed by atoms with Crippen LogP contribution >= 0.6 is 0 Å². The smallest absolute Gasteiger partial charge is 0.207 e. The van der Waals surface area contributed by atoms with Crippen molar-refractivity contribution < 1.29 is 8.42 Å². The summed E-state index contributed by atoms with van der Waals surface area (Å²) in [5.41, 5.74) is -0.797. The zero-order valence-corrected chi connectivity index (χ0v) is 10.9. The van der Waals surface area contributed by atoms with E-state index in [0.29, 0.717) is 12.8 Å². The van der Waals surface area contributed by atoms with E-state index in [2.05, 4.69) is 10.6 Å². The highest BCUT2D eigenvalue weighted by Crippen LogP contribution is 2.18. The van der Waals surface area contributed by atoms with E-state index in [1.54, 1.807) is 30.3 Å². The minimum absolute atomic E-state index is 0.238. The molecule has 0 saturated carbocycles. The molecule has 0 aliphatic rings. The zero-order chi connectivity index (χ0) is 12.9. The van der Waals surface area contributed by atoms with Gasteiger partial charge in [-0.3, -0.25) is 0 Å². The van der Waals surface area contributed by atoms with Crippen LogP contribution in [-0.2, 0) is 10.0 Å². The Morgan fingerprint density at radius 2 is 1.76 bits per heavy atom. The summed E-state index contributed by atoms with van der Waals surface area (Å²) >= 11 is 0. The van der Waals surface area contributed by atoms with Crippen LogP contribution in [0.25, 0.3) is 0 Å². The normalized spacial score (nSPS) is 12.1. The summed E-state index contributed by atoms with van der Waals surface area (Å²) in [6, 6.07) is 8.24. The van der Waals surface area contributed by atoms with E-state index in [1.807, 2.05) is 13.8 Å². The predicted octanol–water partition coefficient (Wildman–Crippen LogP) is 2.16. The fourth-order valence-corrected chi connectivity index (χ4v) is 3.04. The fourth-order valence-electron chi connectivity index (χ4n) is 1.54. The Morgan fingerprint density at radius 3 is 2.18 bits per heavy atom. The topological polar surface area (TPSA) is 46.2 Å². The predicted molar refractivity (Wildman–Crippen MR) is 68.9 cm³/mol. The summed E-state index contributed by atoms with van der Waals surface area (Å²) in [5, 5.41) is 0. The highest BCUT2D eigenvalue weighted by molar-refractivity contribution is 7.89. The molecule has 0 aromatic heterocycles. The van der Waals surface area contributed by atoms with Crippen molar-refractivity contribution in [3.63, 3.8) is 0 Å². The molecular weight excluding hydrogens is 234 g/mol.